The molecule has 1 saturated carbocycles. The lowest BCUT2D eigenvalue weighted by Gasteiger charge is -2.46. The van der Waals surface area contributed by atoms with Crippen LogP contribution in [0.1, 0.15) is 57.6 Å². The van der Waals surface area contributed by atoms with Crippen LogP contribution in [0.25, 0.3) is 0 Å². The van der Waals surface area contributed by atoms with E-state index in [1.165, 1.54) is 18.1 Å². The van der Waals surface area contributed by atoms with Crippen LogP contribution in [0.15, 0.2) is 57.8 Å². The number of halogens is 1. The van der Waals surface area contributed by atoms with Gasteiger partial charge in [-0.25, -0.2) is 4.21 Å². The van der Waals surface area contributed by atoms with E-state index < -0.39 is 27.3 Å². The second-order valence-electron chi connectivity index (χ2n) is 13.3. The van der Waals surface area contributed by atoms with Crippen molar-refractivity contribution in [3.05, 3.63) is 64.7 Å². The molecule has 11 heteroatoms. The van der Waals surface area contributed by atoms with Crippen molar-refractivity contribution in [1.29, 1.82) is 0 Å². The highest BCUT2D eigenvalue weighted by Gasteiger charge is 2.44. The Kier molecular flexibility index (Phi) is 8.80. The van der Waals surface area contributed by atoms with Gasteiger partial charge in [0.05, 0.1) is 29.9 Å². The predicted molar refractivity (Wildman–Crippen MR) is 174 cm³/mol. The van der Waals surface area contributed by atoms with Gasteiger partial charge in [-0.2, -0.15) is 0 Å². The summed E-state index contributed by atoms with van der Waals surface area (Å²) in [4.78, 5) is 28.3. The number of hydrogen-bond acceptors (Lipinski definition) is 7. The van der Waals surface area contributed by atoms with Gasteiger partial charge in [-0.3, -0.25) is 14.3 Å². The molecule has 2 aromatic carbocycles. The van der Waals surface area contributed by atoms with Gasteiger partial charge < -0.3 is 19.1 Å². The molecule has 1 N–H and O–H groups in total. The molecule has 2 aliphatic carbocycles. The topological polar surface area (TPSA) is 107 Å². The molecule has 5 atom stereocenters. The molecule has 0 unspecified atom stereocenters. The monoisotopic (exact) mass is 655 g/mol. The maximum atomic E-state index is 14.5. The number of hydrogen-bond donors (Lipinski definition) is 1. The standard InChI is InChI=1S/C34H42ClN3O6S/c1-22(39)36-45(41)26-11-14-31-29(18-26)38(20-34(21-43-31)15-5-7-23-17-25(35)10-13-28(23)34)19-24-9-12-27(24)30(42-4)8-6-16-44-33(2,3)32(40)37-45/h6,8,10-11,13-14,17-18,24,27,30H,5,7,9,12,15-16,19-21H2,1-4H3,(H,36,37,39,40,41)/t24-,27+,30+,34-,45+/m0/s1. The fraction of sp³-hybridized carbons (Fsp3) is 0.529. The van der Waals surface area contributed by atoms with Crippen molar-refractivity contribution in [2.75, 3.05) is 38.3 Å². The molecule has 45 heavy (non-hydrogen) atoms. The number of nitrogens with zero attached hydrogens (tertiary/aromatic N) is 2. The van der Waals surface area contributed by atoms with Crippen molar-refractivity contribution in [1.82, 2.24) is 4.72 Å². The fourth-order valence-corrected chi connectivity index (χ4v) is 9.09. The van der Waals surface area contributed by atoms with E-state index in [1.807, 2.05) is 18.2 Å². The number of rotatable bonds is 2. The number of nitrogens with one attached hydrogen (secondary N) is 1. The Morgan fingerprint density at radius 1 is 1.20 bits per heavy atom. The Balaban J connectivity index is 1.51. The molecular formula is C34H42ClN3O6S. The number of carbonyl (C=O) groups excluding carboxylic acids is 2. The summed E-state index contributed by atoms with van der Waals surface area (Å²) in [6, 6.07) is 11.4. The maximum absolute atomic E-state index is 14.5. The fourth-order valence-electron chi connectivity index (χ4n) is 7.26. The van der Waals surface area contributed by atoms with Gasteiger partial charge in [0, 0.05) is 37.6 Å². The van der Waals surface area contributed by atoms with Crippen LogP contribution >= 0.6 is 11.6 Å². The van der Waals surface area contributed by atoms with Crippen LogP contribution in [0, 0.1) is 11.8 Å². The van der Waals surface area contributed by atoms with E-state index in [2.05, 4.69) is 26.1 Å². The zero-order valence-corrected chi connectivity index (χ0v) is 27.9. The second kappa shape index (κ2) is 12.4. The smallest absolute Gasteiger partial charge is 0.287 e. The lowest BCUT2D eigenvalue weighted by atomic mass is 9.68. The molecule has 9 nitrogen and oxygen atoms in total. The van der Waals surface area contributed by atoms with Gasteiger partial charge >= 0.3 is 0 Å². The molecule has 2 bridgehead atoms. The van der Waals surface area contributed by atoms with Gasteiger partial charge in [0.25, 0.3) is 5.91 Å². The van der Waals surface area contributed by atoms with E-state index >= 15 is 0 Å². The Hall–Kier alpha value is -2.92. The minimum absolute atomic E-state index is 0.0946. The number of carbonyl (C=O) groups is 2. The average molecular weight is 656 g/mol. The molecule has 4 aliphatic rings. The summed E-state index contributed by atoms with van der Waals surface area (Å²) < 4.78 is 39.5. The van der Waals surface area contributed by atoms with Crippen molar-refractivity contribution in [2.45, 2.75) is 74.9 Å². The Labute approximate surface area is 270 Å². The molecule has 6 rings (SSSR count). The first kappa shape index (κ1) is 32.0. The Morgan fingerprint density at radius 2 is 2.02 bits per heavy atom. The summed E-state index contributed by atoms with van der Waals surface area (Å²) in [5, 5.41) is 0.730. The number of anilines is 1. The molecule has 2 amide bonds. The van der Waals surface area contributed by atoms with E-state index in [1.54, 1.807) is 39.2 Å². The molecule has 0 radical (unpaired) electrons. The highest BCUT2D eigenvalue weighted by Crippen LogP contribution is 2.47. The summed E-state index contributed by atoms with van der Waals surface area (Å²) in [6.45, 7) is 6.49. The zero-order valence-electron chi connectivity index (χ0n) is 26.3. The SMILES string of the molecule is CO[C@@H]1C=CCOC(C)(C)C(=O)N=[S@](=O)(NC(C)=O)c2ccc3c(c2)N(C[C@@H]2CC[C@H]21)C[C@@]1(CCCc2cc(Cl)ccc21)CO3. The third-order valence-corrected chi connectivity index (χ3v) is 11.9. The number of benzene rings is 2. The lowest BCUT2D eigenvalue weighted by Crippen LogP contribution is -2.49. The zero-order chi connectivity index (χ0) is 32.0. The third kappa shape index (κ3) is 6.26. The summed E-state index contributed by atoms with van der Waals surface area (Å²) in [6.07, 6.45) is 8.83. The maximum Gasteiger partial charge on any atom is 0.287 e. The van der Waals surface area contributed by atoms with Crippen LogP contribution in [0.3, 0.4) is 0 Å². The van der Waals surface area contributed by atoms with Crippen LogP contribution in [0.5, 0.6) is 5.75 Å². The second-order valence-corrected chi connectivity index (χ2v) is 15.6. The normalized spacial score (nSPS) is 31.0. The van der Waals surface area contributed by atoms with Crippen LogP contribution in [0.4, 0.5) is 5.69 Å². The van der Waals surface area contributed by atoms with Crippen molar-refractivity contribution in [3.63, 3.8) is 0 Å². The van der Waals surface area contributed by atoms with Crippen molar-refractivity contribution in [3.8, 4) is 5.75 Å². The summed E-state index contributed by atoms with van der Waals surface area (Å²) in [5.74, 6) is 0.0161. The molecule has 1 spiro atoms. The van der Waals surface area contributed by atoms with Crippen LogP contribution in [-0.4, -0.2) is 61.1 Å². The van der Waals surface area contributed by atoms with Crippen LogP contribution < -0.4 is 14.4 Å². The van der Waals surface area contributed by atoms with E-state index in [0.29, 0.717) is 30.7 Å². The number of amides is 2. The predicted octanol–water partition coefficient (Wildman–Crippen LogP) is 5.62. The van der Waals surface area contributed by atoms with Gasteiger partial charge in [-0.15, -0.1) is 4.36 Å². The molecule has 1 fully saturated rings. The number of fused-ring (bicyclic) bond motifs is 4. The minimum atomic E-state index is -3.70. The van der Waals surface area contributed by atoms with Crippen molar-refractivity contribution >= 4 is 39.0 Å². The number of aryl methyl sites for hydroxylation is 1. The van der Waals surface area contributed by atoms with Gasteiger partial charge in [-0.1, -0.05) is 29.8 Å². The third-order valence-electron chi connectivity index (χ3n) is 9.83. The number of ether oxygens (including phenoxy) is 3. The van der Waals surface area contributed by atoms with E-state index in [9.17, 15) is 13.8 Å². The summed E-state index contributed by atoms with van der Waals surface area (Å²) in [5.41, 5.74) is 1.61. The quantitative estimate of drug-likeness (QED) is 0.419. The molecule has 242 valence electrons. The summed E-state index contributed by atoms with van der Waals surface area (Å²) >= 11 is 6.43. The first-order valence-electron chi connectivity index (χ1n) is 15.7. The molecule has 2 aliphatic heterocycles. The highest BCUT2D eigenvalue weighted by molar-refractivity contribution is 7.92. The van der Waals surface area contributed by atoms with Crippen LogP contribution in [-0.2, 0) is 40.8 Å². The van der Waals surface area contributed by atoms with Gasteiger partial charge in [0.15, 0.2) is 9.92 Å². The average Bonchev–Trinajstić information content (AvgIpc) is 3.12. The van der Waals surface area contributed by atoms with Gasteiger partial charge in [0.2, 0.25) is 5.91 Å². The van der Waals surface area contributed by atoms with Gasteiger partial charge in [0.1, 0.15) is 11.4 Å². The van der Waals surface area contributed by atoms with E-state index in [4.69, 9.17) is 25.8 Å². The number of methoxy groups -OCH3 is 1. The van der Waals surface area contributed by atoms with E-state index in [0.717, 1.165) is 49.4 Å². The van der Waals surface area contributed by atoms with Crippen molar-refractivity contribution < 1.29 is 28.0 Å². The Bertz CT molecular complexity index is 1650. The van der Waals surface area contributed by atoms with E-state index in [-0.39, 0.29) is 23.0 Å². The highest BCUT2D eigenvalue weighted by atomic mass is 35.5. The molecule has 2 aromatic rings. The minimum Gasteiger partial charge on any atom is -0.490 e. The molecule has 0 saturated heterocycles. The lowest BCUT2D eigenvalue weighted by molar-refractivity contribution is -0.137. The first-order valence-corrected chi connectivity index (χ1v) is 17.6. The van der Waals surface area contributed by atoms with Crippen molar-refractivity contribution in [2.24, 2.45) is 16.2 Å². The Morgan fingerprint density at radius 3 is 2.76 bits per heavy atom. The first-order chi connectivity index (χ1) is 21.4. The summed E-state index contributed by atoms with van der Waals surface area (Å²) in [7, 11) is -1.97. The molecule has 0 aromatic heterocycles. The molecule has 2 heterocycles. The molecular weight excluding hydrogens is 614 g/mol. The largest absolute Gasteiger partial charge is 0.490 e. The van der Waals surface area contributed by atoms with Gasteiger partial charge in [-0.05, 0) is 99.2 Å². The van der Waals surface area contributed by atoms with Crippen LogP contribution in [0.2, 0.25) is 5.02 Å².